The maximum absolute atomic E-state index is 11.6. The molecule has 1 fully saturated rings. The number of nitrogens with one attached hydrogen (secondary N) is 1. The van der Waals surface area contributed by atoms with Gasteiger partial charge in [-0.2, -0.15) is 0 Å². The van der Waals surface area contributed by atoms with Crippen molar-refractivity contribution in [2.75, 3.05) is 5.32 Å². The average molecular weight is 244 g/mol. The minimum absolute atomic E-state index is 0.0563. The molecule has 0 aromatic heterocycles. The minimum atomic E-state index is 0.0563. The first-order chi connectivity index (χ1) is 7.06. The van der Waals surface area contributed by atoms with Crippen LogP contribution in [0, 0.1) is 11.8 Å². The second kappa shape index (κ2) is 4.03. The van der Waals surface area contributed by atoms with E-state index in [1.165, 1.54) is 0 Å². The number of amides is 1. The van der Waals surface area contributed by atoms with Crippen molar-refractivity contribution >= 4 is 34.8 Å². The van der Waals surface area contributed by atoms with Gasteiger partial charge in [-0.3, -0.25) is 4.79 Å². The standard InChI is InChI=1S/C11H11Cl2NO/c1-6-2-10(6)11(15)14-9-4-7(12)3-8(13)5-9/h3-6,10H,2H2,1H3,(H,14,15). The molecule has 2 atom stereocenters. The molecule has 2 unspecified atom stereocenters. The normalized spacial score (nSPS) is 23.7. The van der Waals surface area contributed by atoms with Gasteiger partial charge in [-0.25, -0.2) is 0 Å². The van der Waals surface area contributed by atoms with Gasteiger partial charge in [-0.15, -0.1) is 0 Å². The third kappa shape index (κ3) is 2.64. The van der Waals surface area contributed by atoms with Crippen molar-refractivity contribution in [3.05, 3.63) is 28.2 Å². The Kier molecular flexibility index (Phi) is 2.89. The lowest BCUT2D eigenvalue weighted by atomic mass is 10.3. The van der Waals surface area contributed by atoms with E-state index in [9.17, 15) is 4.79 Å². The third-order valence-electron chi connectivity index (χ3n) is 2.58. The number of carbonyl (C=O) groups is 1. The second-order valence-electron chi connectivity index (χ2n) is 3.97. The summed E-state index contributed by atoms with van der Waals surface area (Å²) in [4.78, 5) is 11.6. The van der Waals surface area contributed by atoms with Gasteiger partial charge in [0.1, 0.15) is 0 Å². The molecule has 4 heteroatoms. The zero-order valence-electron chi connectivity index (χ0n) is 8.26. The summed E-state index contributed by atoms with van der Waals surface area (Å²) < 4.78 is 0. The molecule has 1 N–H and O–H groups in total. The Labute approximate surface area is 98.6 Å². The second-order valence-corrected chi connectivity index (χ2v) is 4.84. The fraction of sp³-hybridized carbons (Fsp3) is 0.364. The van der Waals surface area contributed by atoms with Crippen LogP contribution in [0.4, 0.5) is 5.69 Å². The number of anilines is 1. The van der Waals surface area contributed by atoms with Gasteiger partial charge in [0.15, 0.2) is 0 Å². The number of benzene rings is 1. The summed E-state index contributed by atoms with van der Waals surface area (Å²) >= 11 is 11.6. The van der Waals surface area contributed by atoms with Gasteiger partial charge in [0.25, 0.3) is 0 Å². The fourth-order valence-corrected chi connectivity index (χ4v) is 2.07. The van der Waals surface area contributed by atoms with Crippen molar-refractivity contribution in [1.29, 1.82) is 0 Å². The van der Waals surface area contributed by atoms with E-state index in [1.54, 1.807) is 18.2 Å². The quantitative estimate of drug-likeness (QED) is 0.846. The van der Waals surface area contributed by atoms with E-state index in [1.807, 2.05) is 0 Å². The van der Waals surface area contributed by atoms with Gasteiger partial charge in [0.05, 0.1) is 0 Å². The van der Waals surface area contributed by atoms with Crippen LogP contribution in [0.25, 0.3) is 0 Å². The first-order valence-corrected chi connectivity index (χ1v) is 5.59. The van der Waals surface area contributed by atoms with Crippen LogP contribution >= 0.6 is 23.2 Å². The summed E-state index contributed by atoms with van der Waals surface area (Å²) in [6, 6.07) is 5.02. The smallest absolute Gasteiger partial charge is 0.227 e. The van der Waals surface area contributed by atoms with Gasteiger partial charge < -0.3 is 5.32 Å². The van der Waals surface area contributed by atoms with Crippen molar-refractivity contribution < 1.29 is 4.79 Å². The van der Waals surface area contributed by atoms with E-state index in [0.29, 0.717) is 21.7 Å². The molecule has 1 aliphatic carbocycles. The van der Waals surface area contributed by atoms with E-state index in [2.05, 4.69) is 12.2 Å². The first-order valence-electron chi connectivity index (χ1n) is 4.83. The fourth-order valence-electron chi connectivity index (χ4n) is 1.55. The van der Waals surface area contributed by atoms with Crippen molar-refractivity contribution in [2.24, 2.45) is 11.8 Å². The van der Waals surface area contributed by atoms with Crippen LogP contribution in [0.1, 0.15) is 13.3 Å². The van der Waals surface area contributed by atoms with E-state index in [4.69, 9.17) is 23.2 Å². The molecule has 0 radical (unpaired) electrons. The molecule has 2 nitrogen and oxygen atoms in total. The Morgan fingerprint density at radius 3 is 2.33 bits per heavy atom. The Hall–Kier alpha value is -0.730. The highest BCUT2D eigenvalue weighted by molar-refractivity contribution is 6.35. The average Bonchev–Trinajstić information content (AvgIpc) is 2.80. The molecule has 0 saturated heterocycles. The largest absolute Gasteiger partial charge is 0.326 e. The van der Waals surface area contributed by atoms with Crippen LogP contribution in [-0.4, -0.2) is 5.91 Å². The van der Waals surface area contributed by atoms with E-state index in [0.717, 1.165) is 6.42 Å². The molecule has 1 aromatic rings. The summed E-state index contributed by atoms with van der Waals surface area (Å²) in [5.41, 5.74) is 0.664. The van der Waals surface area contributed by atoms with Crippen molar-refractivity contribution in [3.63, 3.8) is 0 Å². The van der Waals surface area contributed by atoms with Crippen LogP contribution in [0.5, 0.6) is 0 Å². The van der Waals surface area contributed by atoms with Crippen molar-refractivity contribution in [1.82, 2.24) is 0 Å². The molecule has 0 bridgehead atoms. The highest BCUT2D eigenvalue weighted by Crippen LogP contribution is 2.38. The number of carbonyl (C=O) groups excluding carboxylic acids is 1. The Morgan fingerprint density at radius 1 is 1.33 bits per heavy atom. The summed E-state index contributed by atoms with van der Waals surface area (Å²) in [5, 5.41) is 3.87. The van der Waals surface area contributed by atoms with E-state index in [-0.39, 0.29) is 11.8 Å². The first kappa shape index (κ1) is 10.8. The van der Waals surface area contributed by atoms with Crippen molar-refractivity contribution in [3.8, 4) is 0 Å². The highest BCUT2D eigenvalue weighted by atomic mass is 35.5. The van der Waals surface area contributed by atoms with Crippen LogP contribution in [0.3, 0.4) is 0 Å². The van der Waals surface area contributed by atoms with Crippen LogP contribution < -0.4 is 5.32 Å². The van der Waals surface area contributed by atoms with Gasteiger partial charge in [0.2, 0.25) is 5.91 Å². The molecule has 1 aliphatic rings. The van der Waals surface area contributed by atoms with Gasteiger partial charge in [0, 0.05) is 21.7 Å². The number of hydrogen-bond donors (Lipinski definition) is 1. The van der Waals surface area contributed by atoms with E-state index < -0.39 is 0 Å². The summed E-state index contributed by atoms with van der Waals surface area (Å²) in [7, 11) is 0. The molecule has 0 aliphatic heterocycles. The molecule has 15 heavy (non-hydrogen) atoms. The maximum atomic E-state index is 11.6. The zero-order chi connectivity index (χ0) is 11.0. The summed E-state index contributed by atoms with van der Waals surface area (Å²) in [6.45, 7) is 2.06. The Morgan fingerprint density at radius 2 is 1.87 bits per heavy atom. The van der Waals surface area contributed by atoms with Crippen LogP contribution in [0.15, 0.2) is 18.2 Å². The van der Waals surface area contributed by atoms with Gasteiger partial charge >= 0.3 is 0 Å². The topological polar surface area (TPSA) is 29.1 Å². The lowest BCUT2D eigenvalue weighted by Gasteiger charge is -2.05. The SMILES string of the molecule is CC1CC1C(=O)Nc1cc(Cl)cc(Cl)c1. The molecule has 1 saturated carbocycles. The van der Waals surface area contributed by atoms with Crippen LogP contribution in [0.2, 0.25) is 10.0 Å². The summed E-state index contributed by atoms with van der Waals surface area (Å²) in [5.74, 6) is 0.711. The molecule has 0 spiro atoms. The van der Waals surface area contributed by atoms with Gasteiger partial charge in [-0.1, -0.05) is 30.1 Å². The molecular formula is C11H11Cl2NO. The van der Waals surface area contributed by atoms with Crippen molar-refractivity contribution in [2.45, 2.75) is 13.3 Å². The molecule has 80 valence electrons. The monoisotopic (exact) mass is 243 g/mol. The Balaban J connectivity index is 2.07. The Bertz CT molecular complexity index is 385. The predicted molar refractivity (Wildman–Crippen MR) is 62.4 cm³/mol. The van der Waals surface area contributed by atoms with Gasteiger partial charge in [-0.05, 0) is 30.5 Å². The number of rotatable bonds is 2. The highest BCUT2D eigenvalue weighted by Gasteiger charge is 2.39. The molecule has 1 aromatic carbocycles. The molecular weight excluding hydrogens is 233 g/mol. The maximum Gasteiger partial charge on any atom is 0.227 e. The van der Waals surface area contributed by atoms with E-state index >= 15 is 0 Å². The zero-order valence-corrected chi connectivity index (χ0v) is 9.77. The molecule has 0 heterocycles. The third-order valence-corrected chi connectivity index (χ3v) is 3.01. The summed E-state index contributed by atoms with van der Waals surface area (Å²) in [6.07, 6.45) is 0.972. The number of halogens is 2. The van der Waals surface area contributed by atoms with Crippen LogP contribution in [-0.2, 0) is 4.79 Å². The molecule has 1 amide bonds. The lowest BCUT2D eigenvalue weighted by Crippen LogP contribution is -2.14. The molecule has 2 rings (SSSR count). The minimum Gasteiger partial charge on any atom is -0.326 e. The number of hydrogen-bond acceptors (Lipinski definition) is 1. The predicted octanol–water partition coefficient (Wildman–Crippen LogP) is 3.59. The lowest BCUT2D eigenvalue weighted by molar-refractivity contribution is -0.117.